The molecule has 0 aliphatic heterocycles. The summed E-state index contributed by atoms with van der Waals surface area (Å²) in [7, 11) is 1.60. The van der Waals surface area contributed by atoms with Crippen molar-refractivity contribution in [1.29, 1.82) is 0 Å². The molecular formula is C16H16FN3O3. The molecule has 0 heterocycles. The molecule has 0 aromatic heterocycles. The van der Waals surface area contributed by atoms with Gasteiger partial charge in [0, 0.05) is 24.9 Å². The van der Waals surface area contributed by atoms with Gasteiger partial charge in [-0.15, -0.1) is 0 Å². The van der Waals surface area contributed by atoms with E-state index in [4.69, 9.17) is 0 Å². The largest absolute Gasteiger partial charge is 0.322 e. The second-order valence-electron chi connectivity index (χ2n) is 5.08. The standard InChI is InChI=1S/C16H16FN3O3/c1-11(12-6-8-13(17)9-7-12)19(2)16(21)18-14-4-3-5-15(10-14)20(22)23/h3-11H,1-2H3,(H,18,21)/t11-/m1/s1. The molecule has 1 atom stereocenters. The molecule has 0 unspecified atom stereocenters. The number of nitro groups is 1. The van der Waals surface area contributed by atoms with Gasteiger partial charge >= 0.3 is 6.03 Å². The van der Waals surface area contributed by atoms with Gasteiger partial charge in [0.25, 0.3) is 5.69 Å². The SMILES string of the molecule is C[C@H](c1ccc(F)cc1)N(C)C(=O)Nc1cccc([N+](=O)[O-])c1. The molecule has 0 aliphatic rings. The lowest BCUT2D eigenvalue weighted by molar-refractivity contribution is -0.384. The number of anilines is 1. The molecule has 0 saturated heterocycles. The summed E-state index contributed by atoms with van der Waals surface area (Å²) >= 11 is 0. The molecular weight excluding hydrogens is 301 g/mol. The molecule has 120 valence electrons. The third-order valence-electron chi connectivity index (χ3n) is 3.56. The van der Waals surface area contributed by atoms with Crippen LogP contribution in [0.5, 0.6) is 0 Å². The van der Waals surface area contributed by atoms with E-state index in [1.807, 2.05) is 0 Å². The van der Waals surface area contributed by atoms with Crippen molar-refractivity contribution in [2.24, 2.45) is 0 Å². The number of nitrogens with zero attached hydrogens (tertiary/aromatic N) is 2. The van der Waals surface area contributed by atoms with Crippen LogP contribution in [0.15, 0.2) is 48.5 Å². The van der Waals surface area contributed by atoms with Crippen LogP contribution >= 0.6 is 0 Å². The molecule has 1 N–H and O–H groups in total. The Morgan fingerprint density at radius 2 is 1.91 bits per heavy atom. The van der Waals surface area contributed by atoms with Crippen molar-refractivity contribution in [3.63, 3.8) is 0 Å². The highest BCUT2D eigenvalue weighted by atomic mass is 19.1. The quantitative estimate of drug-likeness (QED) is 0.685. The van der Waals surface area contributed by atoms with Crippen molar-refractivity contribution < 1.29 is 14.1 Å². The van der Waals surface area contributed by atoms with E-state index in [0.717, 1.165) is 5.56 Å². The zero-order chi connectivity index (χ0) is 17.0. The monoisotopic (exact) mass is 317 g/mol. The Balaban J connectivity index is 2.09. The summed E-state index contributed by atoms with van der Waals surface area (Å²) in [5, 5.41) is 13.4. The van der Waals surface area contributed by atoms with E-state index in [2.05, 4.69) is 5.32 Å². The van der Waals surface area contributed by atoms with Crippen LogP contribution in [0.3, 0.4) is 0 Å². The second-order valence-corrected chi connectivity index (χ2v) is 5.08. The average molecular weight is 317 g/mol. The van der Waals surface area contributed by atoms with Gasteiger partial charge in [-0.25, -0.2) is 9.18 Å². The minimum Gasteiger partial charge on any atom is -0.321 e. The summed E-state index contributed by atoms with van der Waals surface area (Å²) in [5.74, 6) is -0.343. The highest BCUT2D eigenvalue weighted by molar-refractivity contribution is 5.89. The minimum absolute atomic E-state index is 0.1000. The normalized spacial score (nSPS) is 11.6. The first-order valence-corrected chi connectivity index (χ1v) is 6.92. The highest BCUT2D eigenvalue weighted by Gasteiger charge is 2.18. The fourth-order valence-corrected chi connectivity index (χ4v) is 2.05. The molecule has 23 heavy (non-hydrogen) atoms. The van der Waals surface area contributed by atoms with Crippen molar-refractivity contribution in [1.82, 2.24) is 4.90 Å². The van der Waals surface area contributed by atoms with Crippen molar-refractivity contribution in [3.05, 3.63) is 70.0 Å². The van der Waals surface area contributed by atoms with Gasteiger partial charge in [-0.05, 0) is 30.7 Å². The van der Waals surface area contributed by atoms with Crippen LogP contribution in [0, 0.1) is 15.9 Å². The topological polar surface area (TPSA) is 75.5 Å². The van der Waals surface area contributed by atoms with Crippen LogP contribution in [0.2, 0.25) is 0 Å². The van der Waals surface area contributed by atoms with Crippen LogP contribution in [-0.4, -0.2) is 22.9 Å². The zero-order valence-electron chi connectivity index (χ0n) is 12.7. The number of halogens is 1. The Bertz CT molecular complexity index is 719. The lowest BCUT2D eigenvalue weighted by Gasteiger charge is -2.25. The molecule has 2 aromatic rings. The number of nitrogens with one attached hydrogen (secondary N) is 1. The fraction of sp³-hybridized carbons (Fsp3) is 0.188. The van der Waals surface area contributed by atoms with Crippen LogP contribution in [-0.2, 0) is 0 Å². The van der Waals surface area contributed by atoms with Crippen molar-refractivity contribution in [2.45, 2.75) is 13.0 Å². The molecule has 0 aliphatic carbocycles. The van der Waals surface area contributed by atoms with Crippen molar-refractivity contribution in [3.8, 4) is 0 Å². The number of amides is 2. The van der Waals surface area contributed by atoms with Gasteiger partial charge in [-0.3, -0.25) is 10.1 Å². The Morgan fingerprint density at radius 3 is 2.52 bits per heavy atom. The second kappa shape index (κ2) is 6.87. The van der Waals surface area contributed by atoms with E-state index >= 15 is 0 Å². The van der Waals surface area contributed by atoms with E-state index in [1.54, 1.807) is 32.2 Å². The maximum absolute atomic E-state index is 13.0. The maximum Gasteiger partial charge on any atom is 0.322 e. The molecule has 0 spiro atoms. The van der Waals surface area contributed by atoms with Crippen LogP contribution in [0.1, 0.15) is 18.5 Å². The number of carbonyl (C=O) groups excluding carboxylic acids is 1. The first kappa shape index (κ1) is 16.4. The maximum atomic E-state index is 13.0. The van der Waals surface area contributed by atoms with Gasteiger partial charge in [0.2, 0.25) is 0 Å². The Hall–Kier alpha value is -2.96. The number of urea groups is 1. The lowest BCUT2D eigenvalue weighted by atomic mass is 10.1. The highest BCUT2D eigenvalue weighted by Crippen LogP contribution is 2.21. The molecule has 0 saturated carbocycles. The predicted octanol–water partition coefficient (Wildman–Crippen LogP) is 3.96. The first-order chi connectivity index (χ1) is 10.9. The Kier molecular flexibility index (Phi) is 4.90. The molecule has 0 bridgehead atoms. The molecule has 0 fully saturated rings. The van der Waals surface area contributed by atoms with Gasteiger partial charge in [-0.1, -0.05) is 18.2 Å². The Labute approximate surface area is 132 Å². The number of hydrogen-bond donors (Lipinski definition) is 1. The summed E-state index contributed by atoms with van der Waals surface area (Å²) in [5.41, 5.74) is 1.02. The van der Waals surface area contributed by atoms with E-state index in [1.165, 1.54) is 35.2 Å². The third kappa shape index (κ3) is 4.03. The van der Waals surface area contributed by atoms with Crippen molar-refractivity contribution >= 4 is 17.4 Å². The number of non-ortho nitro benzene ring substituents is 1. The molecule has 7 heteroatoms. The van der Waals surface area contributed by atoms with Gasteiger partial charge < -0.3 is 10.2 Å². The number of rotatable bonds is 4. The number of hydrogen-bond acceptors (Lipinski definition) is 3. The van der Waals surface area contributed by atoms with Gasteiger partial charge in [0.05, 0.1) is 11.0 Å². The molecule has 2 aromatic carbocycles. The first-order valence-electron chi connectivity index (χ1n) is 6.92. The molecule has 0 radical (unpaired) electrons. The van der Waals surface area contributed by atoms with Gasteiger partial charge in [-0.2, -0.15) is 0 Å². The molecule has 2 rings (SSSR count). The number of carbonyl (C=O) groups is 1. The summed E-state index contributed by atoms with van der Waals surface area (Å²) in [6.45, 7) is 1.81. The van der Waals surface area contributed by atoms with Crippen LogP contribution in [0.25, 0.3) is 0 Å². The number of benzene rings is 2. The van der Waals surface area contributed by atoms with Crippen LogP contribution < -0.4 is 5.32 Å². The summed E-state index contributed by atoms with van der Waals surface area (Å²) in [6, 6.07) is 10.9. The summed E-state index contributed by atoms with van der Waals surface area (Å²) < 4.78 is 13.0. The van der Waals surface area contributed by atoms with E-state index in [0.29, 0.717) is 5.69 Å². The van der Waals surface area contributed by atoms with Crippen molar-refractivity contribution in [2.75, 3.05) is 12.4 Å². The number of nitro benzene ring substituents is 1. The third-order valence-corrected chi connectivity index (χ3v) is 3.56. The van der Waals surface area contributed by atoms with Gasteiger partial charge in [0.1, 0.15) is 5.82 Å². The van der Waals surface area contributed by atoms with E-state index in [-0.39, 0.29) is 17.5 Å². The van der Waals surface area contributed by atoms with Gasteiger partial charge in [0.15, 0.2) is 0 Å². The van der Waals surface area contributed by atoms with Crippen LogP contribution in [0.4, 0.5) is 20.6 Å². The summed E-state index contributed by atoms with van der Waals surface area (Å²) in [6.07, 6.45) is 0. The minimum atomic E-state index is -0.527. The predicted molar refractivity (Wildman–Crippen MR) is 84.7 cm³/mol. The van der Waals surface area contributed by atoms with E-state index < -0.39 is 11.0 Å². The molecule has 2 amide bonds. The summed E-state index contributed by atoms with van der Waals surface area (Å²) in [4.78, 5) is 23.9. The zero-order valence-corrected chi connectivity index (χ0v) is 12.7. The Morgan fingerprint density at radius 1 is 1.26 bits per heavy atom. The lowest BCUT2D eigenvalue weighted by Crippen LogP contribution is -2.33. The smallest absolute Gasteiger partial charge is 0.321 e. The molecule has 6 nitrogen and oxygen atoms in total. The fourth-order valence-electron chi connectivity index (χ4n) is 2.05. The van der Waals surface area contributed by atoms with E-state index in [9.17, 15) is 19.3 Å². The average Bonchev–Trinajstić information content (AvgIpc) is 2.54.